The van der Waals surface area contributed by atoms with Gasteiger partial charge in [0.05, 0.1) is 6.54 Å². The van der Waals surface area contributed by atoms with Crippen LogP contribution in [0.5, 0.6) is 5.88 Å². The Bertz CT molecular complexity index is 1200. The van der Waals surface area contributed by atoms with Gasteiger partial charge in [-0.2, -0.15) is 0 Å². The highest BCUT2D eigenvalue weighted by Gasteiger charge is 2.23. The summed E-state index contributed by atoms with van der Waals surface area (Å²) in [5.41, 5.74) is 2.77. The van der Waals surface area contributed by atoms with Crippen LogP contribution in [-0.4, -0.2) is 15.5 Å². The van der Waals surface area contributed by atoms with Crippen molar-refractivity contribution in [3.05, 3.63) is 96.8 Å². The molecule has 4 rings (SSSR count). The Morgan fingerprint density at radius 2 is 1.77 bits per heavy atom. The Morgan fingerprint density at radius 3 is 2.55 bits per heavy atom. The molecule has 4 heteroatoms. The summed E-state index contributed by atoms with van der Waals surface area (Å²) in [5.74, 6) is 0.898. The van der Waals surface area contributed by atoms with E-state index in [1.54, 1.807) is 0 Å². The molecule has 0 spiro atoms. The summed E-state index contributed by atoms with van der Waals surface area (Å²) in [4.78, 5) is 17.3. The van der Waals surface area contributed by atoms with Crippen LogP contribution in [0.4, 0.5) is 0 Å². The second-order valence-corrected chi connectivity index (χ2v) is 7.51. The lowest BCUT2D eigenvalue weighted by atomic mass is 10.0. The maximum atomic E-state index is 12.3. The molecule has 0 radical (unpaired) electrons. The Hall–Kier alpha value is -3.66. The third-order valence-corrected chi connectivity index (χ3v) is 5.35. The van der Waals surface area contributed by atoms with Crippen LogP contribution < -0.4 is 4.74 Å². The van der Waals surface area contributed by atoms with Crippen molar-refractivity contribution in [3.63, 3.8) is 0 Å². The van der Waals surface area contributed by atoms with Crippen LogP contribution in [0.3, 0.4) is 0 Å². The first-order valence-corrected chi connectivity index (χ1v) is 10.7. The summed E-state index contributed by atoms with van der Waals surface area (Å²) in [6.45, 7) is 6.32. The van der Waals surface area contributed by atoms with Gasteiger partial charge in [0.15, 0.2) is 0 Å². The van der Waals surface area contributed by atoms with Crippen molar-refractivity contribution in [2.75, 3.05) is 0 Å². The summed E-state index contributed by atoms with van der Waals surface area (Å²) in [6, 6.07) is 24.5. The van der Waals surface area contributed by atoms with Crippen LogP contribution in [0.25, 0.3) is 22.0 Å². The van der Waals surface area contributed by atoms with Crippen molar-refractivity contribution >= 4 is 16.7 Å². The molecule has 0 aliphatic carbocycles. The van der Waals surface area contributed by atoms with E-state index in [0.717, 1.165) is 47.0 Å². The fourth-order valence-corrected chi connectivity index (χ4v) is 3.78. The zero-order chi connectivity index (χ0) is 21.6. The lowest BCUT2D eigenvalue weighted by molar-refractivity contribution is -0.129. The molecule has 1 heterocycles. The predicted molar refractivity (Wildman–Crippen MR) is 125 cm³/mol. The van der Waals surface area contributed by atoms with Crippen LogP contribution in [0, 0.1) is 0 Å². The average molecular weight is 411 g/mol. The van der Waals surface area contributed by atoms with E-state index in [2.05, 4.69) is 43.8 Å². The molecule has 3 aromatic carbocycles. The number of unbranched alkanes of at least 4 members (excludes halogenated alkanes) is 1. The standard InChI is InChI=1S/C27H26N2O2/c1-3-5-18-24-28-26(23-17-11-15-21-14-9-10-16-22(21)23)27(31-25(30)4-2)29(24)19-20-12-7-6-8-13-20/h4,6-17H,2-3,5,18-19H2,1H3. The van der Waals surface area contributed by atoms with Crippen LogP contribution in [0.2, 0.25) is 0 Å². The van der Waals surface area contributed by atoms with Gasteiger partial charge in [-0.05, 0) is 22.8 Å². The Labute approximate surface area is 182 Å². The van der Waals surface area contributed by atoms with Gasteiger partial charge in [-0.15, -0.1) is 0 Å². The molecule has 0 bridgehead atoms. The number of carbonyl (C=O) groups excluding carboxylic acids is 1. The maximum absolute atomic E-state index is 12.3. The number of aryl methyl sites for hydroxylation is 1. The van der Waals surface area contributed by atoms with Crippen molar-refractivity contribution in [1.29, 1.82) is 0 Å². The number of imidazole rings is 1. The number of carbonyl (C=O) groups is 1. The number of ether oxygens (including phenoxy) is 1. The third-order valence-electron chi connectivity index (χ3n) is 5.35. The first-order valence-electron chi connectivity index (χ1n) is 10.7. The largest absolute Gasteiger partial charge is 0.404 e. The molecule has 31 heavy (non-hydrogen) atoms. The van der Waals surface area contributed by atoms with E-state index < -0.39 is 5.97 Å². The highest BCUT2D eigenvalue weighted by atomic mass is 16.5. The number of esters is 1. The molecule has 0 aliphatic rings. The van der Waals surface area contributed by atoms with Gasteiger partial charge >= 0.3 is 5.97 Å². The van der Waals surface area contributed by atoms with Gasteiger partial charge in [-0.3, -0.25) is 4.57 Å². The second kappa shape index (κ2) is 9.43. The molecule has 156 valence electrons. The number of aromatic nitrogens is 2. The quantitative estimate of drug-likeness (QED) is 0.257. The van der Waals surface area contributed by atoms with Crippen molar-refractivity contribution in [1.82, 2.24) is 9.55 Å². The average Bonchev–Trinajstić information content (AvgIpc) is 3.14. The fraction of sp³-hybridized carbons (Fsp3) is 0.185. The Morgan fingerprint density at radius 1 is 1.03 bits per heavy atom. The van der Waals surface area contributed by atoms with Crippen LogP contribution in [-0.2, 0) is 17.8 Å². The Balaban J connectivity index is 1.92. The third kappa shape index (κ3) is 4.43. The summed E-state index contributed by atoms with van der Waals surface area (Å²) >= 11 is 0. The van der Waals surface area contributed by atoms with E-state index in [1.807, 2.05) is 47.0 Å². The zero-order valence-corrected chi connectivity index (χ0v) is 17.8. The van der Waals surface area contributed by atoms with Gasteiger partial charge in [-0.25, -0.2) is 9.78 Å². The highest BCUT2D eigenvalue weighted by molar-refractivity contribution is 5.97. The van der Waals surface area contributed by atoms with Crippen LogP contribution in [0.1, 0.15) is 31.2 Å². The maximum Gasteiger partial charge on any atom is 0.336 e. The van der Waals surface area contributed by atoms with E-state index in [1.165, 1.54) is 6.08 Å². The van der Waals surface area contributed by atoms with E-state index in [4.69, 9.17) is 9.72 Å². The lowest BCUT2D eigenvalue weighted by Crippen LogP contribution is -2.12. The molecule has 4 aromatic rings. The molecule has 0 fully saturated rings. The van der Waals surface area contributed by atoms with E-state index in [-0.39, 0.29) is 0 Å². The topological polar surface area (TPSA) is 44.1 Å². The van der Waals surface area contributed by atoms with Gasteiger partial charge in [0, 0.05) is 18.1 Å². The fourth-order valence-electron chi connectivity index (χ4n) is 3.78. The molecule has 0 N–H and O–H groups in total. The zero-order valence-electron chi connectivity index (χ0n) is 17.8. The minimum absolute atomic E-state index is 0.469. The lowest BCUT2D eigenvalue weighted by Gasteiger charge is -2.13. The van der Waals surface area contributed by atoms with Gasteiger partial charge in [-0.1, -0.05) is 92.7 Å². The van der Waals surface area contributed by atoms with E-state index in [9.17, 15) is 4.79 Å². The summed E-state index contributed by atoms with van der Waals surface area (Å²) in [7, 11) is 0. The summed E-state index contributed by atoms with van der Waals surface area (Å²) < 4.78 is 7.84. The molecule has 0 aliphatic heterocycles. The van der Waals surface area contributed by atoms with Crippen molar-refractivity contribution in [2.45, 2.75) is 32.7 Å². The number of benzene rings is 3. The van der Waals surface area contributed by atoms with Crippen molar-refractivity contribution in [2.24, 2.45) is 0 Å². The van der Waals surface area contributed by atoms with E-state index >= 15 is 0 Å². The normalized spacial score (nSPS) is 10.9. The molecule has 0 saturated carbocycles. The molecular formula is C27H26N2O2. The first-order chi connectivity index (χ1) is 15.2. The second-order valence-electron chi connectivity index (χ2n) is 7.51. The molecule has 0 unspecified atom stereocenters. The summed E-state index contributed by atoms with van der Waals surface area (Å²) in [5, 5.41) is 2.20. The smallest absolute Gasteiger partial charge is 0.336 e. The minimum atomic E-state index is -0.488. The first kappa shape index (κ1) is 20.6. The number of nitrogens with zero attached hydrogens (tertiary/aromatic N) is 2. The van der Waals surface area contributed by atoms with Gasteiger partial charge in [0.1, 0.15) is 11.5 Å². The number of fused-ring (bicyclic) bond motifs is 1. The van der Waals surface area contributed by atoms with Gasteiger partial charge < -0.3 is 4.74 Å². The highest BCUT2D eigenvalue weighted by Crippen LogP contribution is 2.36. The van der Waals surface area contributed by atoms with Gasteiger partial charge in [0.2, 0.25) is 5.88 Å². The van der Waals surface area contributed by atoms with Crippen molar-refractivity contribution < 1.29 is 9.53 Å². The van der Waals surface area contributed by atoms with Crippen molar-refractivity contribution in [3.8, 4) is 17.1 Å². The monoisotopic (exact) mass is 410 g/mol. The SMILES string of the molecule is C=CC(=O)Oc1c(-c2cccc3ccccc23)nc(CCCC)n1Cc1ccccc1. The van der Waals surface area contributed by atoms with Gasteiger partial charge in [0.25, 0.3) is 0 Å². The Kier molecular flexibility index (Phi) is 6.27. The molecule has 1 aromatic heterocycles. The number of rotatable bonds is 8. The molecule has 0 atom stereocenters. The van der Waals surface area contributed by atoms with Crippen LogP contribution in [0.15, 0.2) is 85.5 Å². The molecule has 4 nitrogen and oxygen atoms in total. The molecular weight excluding hydrogens is 384 g/mol. The van der Waals surface area contributed by atoms with Crippen LogP contribution >= 0.6 is 0 Å². The molecule has 0 amide bonds. The summed E-state index contributed by atoms with van der Waals surface area (Å²) in [6.07, 6.45) is 4.07. The number of hydrogen-bond donors (Lipinski definition) is 0. The predicted octanol–water partition coefficient (Wildman–Crippen LogP) is 6.19. The molecule has 0 saturated heterocycles. The number of hydrogen-bond acceptors (Lipinski definition) is 3. The minimum Gasteiger partial charge on any atom is -0.404 e. The van der Waals surface area contributed by atoms with E-state index in [0.29, 0.717) is 18.1 Å².